The topological polar surface area (TPSA) is 15.8 Å². The van der Waals surface area contributed by atoms with Gasteiger partial charge in [-0.25, -0.2) is 12.2 Å². The molecule has 1 nitrogen and oxygen atoms in total. The molecule has 178 valence electrons. The third-order valence-electron chi connectivity index (χ3n) is 1.03. The fraction of sp³-hybridized carbons (Fsp3) is 0.304. The largest absolute Gasteiger partial charge is 0.484 e. The maximum absolute atomic E-state index is 2.99. The van der Waals surface area contributed by atoms with Gasteiger partial charge in [0.15, 0.2) is 0 Å². The van der Waals surface area contributed by atoms with Gasteiger partial charge in [-0.3, -0.25) is 6.08 Å². The molecule has 0 spiro atoms. The van der Waals surface area contributed by atoms with Gasteiger partial charge in [-0.15, -0.1) is 37.4 Å². The Hall–Kier alpha value is 0.271. The summed E-state index contributed by atoms with van der Waals surface area (Å²) in [5.41, 5.74) is 0. The van der Waals surface area contributed by atoms with Gasteiger partial charge in [0.25, 0.3) is 0 Å². The number of hydrogen-bond donors (Lipinski definition) is 1. The summed E-state index contributed by atoms with van der Waals surface area (Å²) in [4.78, 5) is 2.74. The predicted molar refractivity (Wildman–Crippen MR) is 143 cm³/mol. The Morgan fingerprint density at radius 1 is 0.821 bits per heavy atom. The van der Waals surface area contributed by atoms with E-state index >= 15 is 0 Å². The summed E-state index contributed by atoms with van der Waals surface area (Å²) >= 11 is 2.03. The van der Waals surface area contributed by atoms with Crippen LogP contribution in [0.1, 0.15) is 48.0 Å². The van der Waals surface area contributed by atoms with E-state index in [-0.39, 0.29) is 69.4 Å². The number of halogens is 2. The summed E-state index contributed by atoms with van der Waals surface area (Å²) in [6, 6.07) is 3.71. The number of aromatic amines is 1. The Labute approximate surface area is 208 Å². The van der Waals surface area contributed by atoms with Crippen molar-refractivity contribution in [1.29, 1.82) is 0 Å². The van der Waals surface area contributed by atoms with Crippen LogP contribution in [-0.2, 0) is 19.2 Å². The van der Waals surface area contributed by atoms with Crippen molar-refractivity contribution in [3.05, 3.63) is 105 Å². The normalized spacial score (nSPS) is 7.25. The van der Waals surface area contributed by atoms with Gasteiger partial charge in [0, 0.05) is 0 Å². The van der Waals surface area contributed by atoms with Gasteiger partial charge in [-0.2, -0.15) is 65.9 Å². The van der Waals surface area contributed by atoms with E-state index in [4.69, 9.17) is 0 Å². The minimum atomic E-state index is 0. The van der Waals surface area contributed by atoms with Crippen LogP contribution in [-0.4, -0.2) is 12.6 Å². The first-order valence-corrected chi connectivity index (χ1v) is 10.6. The van der Waals surface area contributed by atoms with Crippen LogP contribution in [0.3, 0.4) is 0 Å². The van der Waals surface area contributed by atoms with Crippen LogP contribution < -0.4 is 0 Å². The SMILES string of the molecule is C[C-](C)C.C[C-](C)C.Cl.Cl.[C-]1=CC=CC1.[CH3-].[CH3-].[CH3-].[CH3-].[CH3-].[CH3-].[SiH2]=[Ti].[c-]1ccc[nH]1. The van der Waals surface area contributed by atoms with Crippen molar-refractivity contribution in [3.63, 3.8) is 0 Å². The Morgan fingerprint density at radius 3 is 1.25 bits per heavy atom. The van der Waals surface area contributed by atoms with Gasteiger partial charge >= 0.3 is 26.8 Å². The number of aromatic nitrogens is 1. The Bertz CT molecular complexity index is 263. The molecule has 0 saturated heterocycles. The fourth-order valence-corrected chi connectivity index (χ4v) is 0.581. The van der Waals surface area contributed by atoms with Gasteiger partial charge in [0.05, 0.1) is 0 Å². The second-order valence-electron chi connectivity index (χ2n) is 4.82. The van der Waals surface area contributed by atoms with Crippen LogP contribution >= 0.6 is 24.8 Å². The molecular formula is C23H49Cl2NSiTi-10. The number of rotatable bonds is 0. The molecule has 0 unspecified atom stereocenters. The molecule has 1 aromatic heterocycles. The second kappa shape index (κ2) is 71.1. The smallest absolute Gasteiger partial charge is 0.108 e. The van der Waals surface area contributed by atoms with Gasteiger partial charge < -0.3 is 61.4 Å². The number of nitrogens with one attached hydrogen (secondary N) is 1. The van der Waals surface area contributed by atoms with Crippen molar-refractivity contribution in [2.75, 3.05) is 0 Å². The van der Waals surface area contributed by atoms with Crippen molar-refractivity contribution >= 4 is 32.4 Å². The maximum atomic E-state index is 2.99. The van der Waals surface area contributed by atoms with Crippen LogP contribution in [0.25, 0.3) is 0 Å². The van der Waals surface area contributed by atoms with Crippen LogP contribution in [0.15, 0.2) is 36.6 Å². The zero-order chi connectivity index (χ0) is 16.2. The third-order valence-corrected chi connectivity index (χ3v) is 1.03. The van der Waals surface area contributed by atoms with Crippen LogP contribution in [0.4, 0.5) is 0 Å². The zero-order valence-electron chi connectivity index (χ0n) is 20.7. The molecule has 1 N–H and O–H groups in total. The Balaban J connectivity index is -0.0000000137. The second-order valence-corrected chi connectivity index (χ2v) is 4.82. The minimum Gasteiger partial charge on any atom is -0.484 e. The molecule has 0 amide bonds. The average molecular weight is 487 g/mol. The van der Waals surface area contributed by atoms with Crippen LogP contribution in [0.2, 0.25) is 0 Å². The molecule has 0 aliphatic heterocycles. The minimum absolute atomic E-state index is 0. The molecular weight excluding hydrogens is 437 g/mol. The van der Waals surface area contributed by atoms with Crippen molar-refractivity contribution in [3.8, 4) is 0 Å². The van der Waals surface area contributed by atoms with Gasteiger partial charge in [-0.05, 0) is 0 Å². The van der Waals surface area contributed by atoms with E-state index < -0.39 is 0 Å². The molecule has 1 aliphatic carbocycles. The summed E-state index contributed by atoms with van der Waals surface area (Å²) in [6.07, 6.45) is 14.6. The van der Waals surface area contributed by atoms with E-state index in [0.717, 1.165) is 6.42 Å². The van der Waals surface area contributed by atoms with Crippen molar-refractivity contribution in [2.45, 2.75) is 48.0 Å². The van der Waals surface area contributed by atoms with Crippen molar-refractivity contribution in [1.82, 2.24) is 4.98 Å². The summed E-state index contributed by atoms with van der Waals surface area (Å²) in [7, 11) is 1.86. The van der Waals surface area contributed by atoms with E-state index in [2.05, 4.69) is 64.9 Å². The predicted octanol–water partition coefficient (Wildman–Crippen LogP) is 7.99. The summed E-state index contributed by atoms with van der Waals surface area (Å²) < 4.78 is 0. The summed E-state index contributed by atoms with van der Waals surface area (Å²) in [5, 5.41) is 0. The number of hydrogen-bond acceptors (Lipinski definition) is 0. The van der Waals surface area contributed by atoms with Gasteiger partial charge in [-0.1, -0.05) is 0 Å². The molecule has 0 fully saturated rings. The molecule has 0 bridgehead atoms. The first-order chi connectivity index (χ1) is 9.46. The molecule has 0 radical (unpaired) electrons. The molecule has 0 saturated carbocycles. The Kier molecular flexibility index (Phi) is 179. The van der Waals surface area contributed by atoms with E-state index in [1.54, 1.807) is 0 Å². The maximum Gasteiger partial charge on any atom is -0.108 e. The summed E-state index contributed by atoms with van der Waals surface area (Å²) in [5.74, 6) is 2.83. The quantitative estimate of drug-likeness (QED) is 0.283. The first-order valence-electron chi connectivity index (χ1n) is 6.56. The van der Waals surface area contributed by atoms with Crippen molar-refractivity contribution in [2.24, 2.45) is 0 Å². The molecule has 28 heavy (non-hydrogen) atoms. The molecule has 5 heteroatoms. The standard InChI is InChI=1S/C5H5.C4H4N.2C4H9.6CH3.2ClH.H2Si.Ti/c2*1-2-4-5-3-1;2*1-4(2)3;;;;;;;;;;/h1-3H,4H2;1-3,5H;2*1-3H3;6*1H3;2*1H;1H2;/q10*-1;;;;. The molecule has 2 rings (SSSR count). The molecule has 0 atom stereocenters. The van der Waals surface area contributed by atoms with Crippen molar-refractivity contribution < 1.29 is 19.2 Å². The number of H-pyrrole nitrogens is 1. The molecule has 1 aliphatic rings. The first kappa shape index (κ1) is 70.5. The zero-order valence-corrected chi connectivity index (χ0v) is 25.3. The van der Waals surface area contributed by atoms with E-state index in [1.807, 2.05) is 57.3 Å². The monoisotopic (exact) mass is 485 g/mol. The average Bonchev–Trinajstić information content (AvgIpc) is 3.09. The number of allylic oxidation sites excluding steroid dienone is 4. The molecule has 0 aromatic carbocycles. The van der Waals surface area contributed by atoms with Gasteiger partial charge in [0.1, 0.15) is 0 Å². The van der Waals surface area contributed by atoms with E-state index in [0.29, 0.717) is 0 Å². The fourth-order valence-electron chi connectivity index (χ4n) is 0.581. The van der Waals surface area contributed by atoms with Gasteiger partial charge in [0.2, 0.25) is 0 Å². The van der Waals surface area contributed by atoms with E-state index in [1.165, 1.54) is 11.8 Å². The molecule has 1 heterocycles. The van der Waals surface area contributed by atoms with Crippen LogP contribution in [0.5, 0.6) is 0 Å². The van der Waals surface area contributed by atoms with Crippen LogP contribution in [0, 0.1) is 68.7 Å². The molecule has 1 aromatic rings. The van der Waals surface area contributed by atoms with E-state index in [9.17, 15) is 0 Å². The third kappa shape index (κ3) is 159. The Morgan fingerprint density at radius 2 is 1.18 bits per heavy atom. The summed E-state index contributed by atoms with van der Waals surface area (Å²) in [6.45, 7) is 12.5.